The zero-order valence-electron chi connectivity index (χ0n) is 15.3. The van der Waals surface area contributed by atoms with Crippen LogP contribution in [0.15, 0.2) is 59.6 Å². The van der Waals surface area contributed by atoms with Gasteiger partial charge in [-0.15, -0.1) is 17.9 Å². The number of anilines is 1. The minimum atomic E-state index is -3.41. The van der Waals surface area contributed by atoms with Crippen molar-refractivity contribution in [3.63, 3.8) is 0 Å². The number of rotatable bonds is 7. The van der Waals surface area contributed by atoms with Gasteiger partial charge in [0.25, 0.3) is 0 Å². The maximum Gasteiger partial charge on any atom is 0.237 e. The Morgan fingerprint density at radius 2 is 2.03 bits per heavy atom. The van der Waals surface area contributed by atoms with E-state index in [4.69, 9.17) is 0 Å². The van der Waals surface area contributed by atoms with E-state index in [2.05, 4.69) is 26.6 Å². The summed E-state index contributed by atoms with van der Waals surface area (Å²) in [5.41, 5.74) is 5.60. The molecule has 2 N–H and O–H groups in total. The molecule has 9 heteroatoms. The summed E-state index contributed by atoms with van der Waals surface area (Å²) >= 11 is 1.50. The van der Waals surface area contributed by atoms with E-state index in [0.29, 0.717) is 11.3 Å². The van der Waals surface area contributed by atoms with Crippen molar-refractivity contribution in [2.45, 2.75) is 11.7 Å². The predicted octanol–water partition coefficient (Wildman–Crippen LogP) is 3.34. The summed E-state index contributed by atoms with van der Waals surface area (Å²) in [6.07, 6.45) is 3.12. The number of thiazole rings is 1. The molecular weight excluding hydrogens is 408 g/mol. The number of nitrogens with zero attached hydrogens (tertiary/aromatic N) is 2. The maximum atomic E-state index is 12.4. The van der Waals surface area contributed by atoms with Gasteiger partial charge in [0, 0.05) is 24.0 Å². The molecule has 148 valence electrons. The van der Waals surface area contributed by atoms with Crippen LogP contribution in [-0.2, 0) is 20.6 Å². The lowest BCUT2D eigenvalue weighted by molar-refractivity contribution is -0.115. The highest BCUT2D eigenvalue weighted by Crippen LogP contribution is 2.39. The van der Waals surface area contributed by atoms with Gasteiger partial charge in [0.2, 0.25) is 15.9 Å². The van der Waals surface area contributed by atoms with Gasteiger partial charge in [0.05, 0.1) is 27.2 Å². The van der Waals surface area contributed by atoms with Gasteiger partial charge in [-0.05, 0) is 29.8 Å². The molecule has 1 aliphatic heterocycles. The number of amides is 1. The number of carbonyl (C=O) groups excluding carboxylic acids is 1. The number of hydrogen-bond donors (Lipinski definition) is 2. The monoisotopic (exact) mass is 426 g/mol. The van der Waals surface area contributed by atoms with Gasteiger partial charge in [-0.1, -0.05) is 18.2 Å². The summed E-state index contributed by atoms with van der Waals surface area (Å²) in [5.74, 6) is -0.731. The van der Waals surface area contributed by atoms with Crippen molar-refractivity contribution in [3.05, 3.63) is 65.7 Å². The summed E-state index contributed by atoms with van der Waals surface area (Å²) in [6.45, 7) is 3.69. The first-order valence-electron chi connectivity index (χ1n) is 8.85. The Kier molecular flexibility index (Phi) is 5.27. The molecule has 0 fully saturated rings. The fraction of sp³-hybridized carbons (Fsp3) is 0.150. The van der Waals surface area contributed by atoms with Crippen LogP contribution in [0.4, 0.5) is 11.4 Å². The van der Waals surface area contributed by atoms with Crippen LogP contribution in [0.2, 0.25) is 0 Å². The lowest BCUT2D eigenvalue weighted by Crippen LogP contribution is -2.25. The van der Waals surface area contributed by atoms with E-state index in [0.717, 1.165) is 21.5 Å². The van der Waals surface area contributed by atoms with E-state index >= 15 is 0 Å². The first-order valence-corrected chi connectivity index (χ1v) is 11.4. The first-order chi connectivity index (χ1) is 14.0. The molecule has 1 amide bonds. The molecule has 29 heavy (non-hydrogen) atoms. The minimum absolute atomic E-state index is 0.118. The highest BCUT2D eigenvalue weighted by Gasteiger charge is 2.31. The normalized spacial score (nSPS) is 16.3. The number of nitrogens with one attached hydrogen (secondary N) is 2. The highest BCUT2D eigenvalue weighted by atomic mass is 32.2. The molecule has 1 aliphatic rings. The fourth-order valence-corrected chi connectivity index (χ4v) is 5.13. The third kappa shape index (κ3) is 4.12. The Hall–Kier alpha value is -2.88. The Morgan fingerprint density at radius 3 is 2.79 bits per heavy atom. The third-order valence-corrected chi connectivity index (χ3v) is 6.70. The maximum absolute atomic E-state index is 12.4. The lowest BCUT2D eigenvalue weighted by atomic mass is 10.0. The van der Waals surface area contributed by atoms with Gasteiger partial charge in [-0.2, -0.15) is 0 Å². The summed E-state index contributed by atoms with van der Waals surface area (Å²) in [5, 5.41) is 2.89. The Morgan fingerprint density at radius 1 is 1.24 bits per heavy atom. The second-order valence-corrected chi connectivity index (χ2v) is 9.20. The van der Waals surface area contributed by atoms with Crippen LogP contribution in [0.25, 0.3) is 10.2 Å². The highest BCUT2D eigenvalue weighted by molar-refractivity contribution is 7.88. The van der Waals surface area contributed by atoms with Crippen LogP contribution in [0, 0.1) is 0 Å². The molecular formula is C20H18N4O3S2. The molecule has 1 aromatic heterocycles. The minimum Gasteiger partial charge on any atom is -0.325 e. The fourth-order valence-electron chi connectivity index (χ4n) is 3.15. The van der Waals surface area contributed by atoms with Crippen LogP contribution < -0.4 is 10.0 Å². The van der Waals surface area contributed by atoms with E-state index < -0.39 is 15.9 Å². The summed E-state index contributed by atoms with van der Waals surface area (Å²) in [6, 6.07) is 10.6. The number of aliphatic imine (C=N–C) groups is 1. The standard InChI is InChI=1S/C20H18N4O3S2/c1-2-9-23-29(26,27)11-13-3-5-14(6-4-13)21-10-15-18-16(24-20(15)25)7-8-17-19(18)28-12-22-17/h2-8,10,12,15,23H,1,9,11H2,(H,24,25). The molecule has 0 radical (unpaired) electrons. The van der Waals surface area contributed by atoms with Gasteiger partial charge in [0.15, 0.2) is 0 Å². The SMILES string of the molecule is C=CCNS(=O)(=O)Cc1ccc(N=CC2C(=O)Nc3ccc4ncsc4c32)cc1. The average Bonchev–Trinajstić information content (AvgIpc) is 3.29. The Balaban J connectivity index is 1.53. The quantitative estimate of drug-likeness (QED) is 0.447. The van der Waals surface area contributed by atoms with E-state index in [9.17, 15) is 13.2 Å². The molecule has 2 aromatic carbocycles. The van der Waals surface area contributed by atoms with Crippen molar-refractivity contribution in [1.82, 2.24) is 9.71 Å². The van der Waals surface area contributed by atoms with E-state index in [-0.39, 0.29) is 18.2 Å². The number of carbonyl (C=O) groups is 1. The van der Waals surface area contributed by atoms with Crippen molar-refractivity contribution >= 4 is 55.1 Å². The lowest BCUT2D eigenvalue weighted by Gasteiger charge is -2.06. The summed E-state index contributed by atoms with van der Waals surface area (Å²) < 4.78 is 27.3. The zero-order valence-corrected chi connectivity index (χ0v) is 17.0. The van der Waals surface area contributed by atoms with Crippen molar-refractivity contribution in [3.8, 4) is 0 Å². The van der Waals surface area contributed by atoms with Crippen molar-refractivity contribution in [2.24, 2.45) is 4.99 Å². The van der Waals surface area contributed by atoms with Crippen molar-refractivity contribution in [2.75, 3.05) is 11.9 Å². The molecule has 3 aromatic rings. The van der Waals surface area contributed by atoms with Gasteiger partial charge in [-0.25, -0.2) is 18.1 Å². The molecule has 4 rings (SSSR count). The second-order valence-electron chi connectivity index (χ2n) is 6.54. The van der Waals surface area contributed by atoms with E-state index in [1.54, 1.807) is 36.0 Å². The van der Waals surface area contributed by atoms with Crippen LogP contribution in [0.5, 0.6) is 0 Å². The average molecular weight is 427 g/mol. The molecule has 1 atom stereocenters. The molecule has 1 unspecified atom stereocenters. The van der Waals surface area contributed by atoms with Crippen molar-refractivity contribution < 1.29 is 13.2 Å². The van der Waals surface area contributed by atoms with E-state index in [1.807, 2.05) is 12.1 Å². The molecule has 0 aliphatic carbocycles. The molecule has 7 nitrogen and oxygen atoms in total. The molecule has 0 saturated carbocycles. The number of fused-ring (bicyclic) bond motifs is 3. The third-order valence-electron chi connectivity index (χ3n) is 4.50. The van der Waals surface area contributed by atoms with Crippen LogP contribution >= 0.6 is 11.3 Å². The Bertz CT molecular complexity index is 1210. The smallest absolute Gasteiger partial charge is 0.237 e. The molecule has 0 saturated heterocycles. The molecule has 0 bridgehead atoms. The largest absolute Gasteiger partial charge is 0.325 e. The number of sulfonamides is 1. The van der Waals surface area contributed by atoms with Gasteiger partial charge < -0.3 is 5.32 Å². The predicted molar refractivity (Wildman–Crippen MR) is 116 cm³/mol. The Labute approximate surface area is 172 Å². The topological polar surface area (TPSA) is 101 Å². The number of aromatic nitrogens is 1. The van der Waals surface area contributed by atoms with Crippen molar-refractivity contribution in [1.29, 1.82) is 0 Å². The zero-order chi connectivity index (χ0) is 20.4. The van der Waals surface area contributed by atoms with E-state index in [1.165, 1.54) is 17.4 Å². The molecule has 0 spiro atoms. The van der Waals surface area contributed by atoms with Gasteiger partial charge >= 0.3 is 0 Å². The second kappa shape index (κ2) is 7.86. The van der Waals surface area contributed by atoms with Gasteiger partial charge in [0.1, 0.15) is 5.92 Å². The number of benzene rings is 2. The first kappa shape index (κ1) is 19.4. The summed E-state index contributed by atoms with van der Waals surface area (Å²) in [7, 11) is -3.41. The molecule has 2 heterocycles. The van der Waals surface area contributed by atoms with Crippen LogP contribution in [0.1, 0.15) is 17.0 Å². The summed E-state index contributed by atoms with van der Waals surface area (Å²) in [4.78, 5) is 21.2. The van der Waals surface area contributed by atoms with Crippen LogP contribution in [0.3, 0.4) is 0 Å². The van der Waals surface area contributed by atoms with Gasteiger partial charge in [-0.3, -0.25) is 9.79 Å². The van der Waals surface area contributed by atoms with Crippen LogP contribution in [-0.4, -0.2) is 32.1 Å². The number of hydrogen-bond acceptors (Lipinski definition) is 6.